The number of halogens is 3. The molecular formula is C16H8Cl2FNO2. The Bertz CT molecular complexity index is 831. The number of aliphatic imine (C=N–C) groups is 1. The molecule has 0 bridgehead atoms. The van der Waals surface area contributed by atoms with Crippen molar-refractivity contribution in [3.8, 4) is 0 Å². The third-order valence-electron chi connectivity index (χ3n) is 2.98. The van der Waals surface area contributed by atoms with E-state index >= 15 is 0 Å². The van der Waals surface area contributed by atoms with E-state index in [9.17, 15) is 9.18 Å². The van der Waals surface area contributed by atoms with Gasteiger partial charge in [-0.2, -0.15) is 0 Å². The molecule has 0 unspecified atom stereocenters. The van der Waals surface area contributed by atoms with E-state index in [2.05, 4.69) is 4.99 Å². The van der Waals surface area contributed by atoms with Crippen LogP contribution in [-0.4, -0.2) is 11.9 Å². The lowest BCUT2D eigenvalue weighted by molar-refractivity contribution is -0.129. The van der Waals surface area contributed by atoms with E-state index in [1.165, 1.54) is 12.1 Å². The summed E-state index contributed by atoms with van der Waals surface area (Å²) in [5.41, 5.74) is 0.791. The van der Waals surface area contributed by atoms with Crippen molar-refractivity contribution in [2.24, 2.45) is 4.99 Å². The molecule has 1 aliphatic rings. The third-order valence-corrected chi connectivity index (χ3v) is 3.72. The molecule has 2 aromatic rings. The average molecular weight is 336 g/mol. The molecule has 0 fully saturated rings. The second-order valence-corrected chi connectivity index (χ2v) is 5.30. The number of esters is 1. The summed E-state index contributed by atoms with van der Waals surface area (Å²) in [4.78, 5) is 15.9. The van der Waals surface area contributed by atoms with Crippen molar-refractivity contribution in [3.05, 3.63) is 75.2 Å². The standard InChI is InChI=1S/C16H8Cl2FNO2/c17-11-6-5-10(7-12(11)18)15-20-14(16(21)22-15)8-9-3-1-2-4-13(9)19/h1-8H. The highest BCUT2D eigenvalue weighted by molar-refractivity contribution is 6.42. The monoisotopic (exact) mass is 335 g/mol. The fraction of sp³-hybridized carbons (Fsp3) is 0. The zero-order chi connectivity index (χ0) is 15.7. The van der Waals surface area contributed by atoms with Gasteiger partial charge in [0.1, 0.15) is 5.82 Å². The Hall–Kier alpha value is -2.17. The normalized spacial score (nSPS) is 15.9. The van der Waals surface area contributed by atoms with Gasteiger partial charge in [0.15, 0.2) is 5.70 Å². The Labute approximate surface area is 135 Å². The molecule has 0 aliphatic carbocycles. The Morgan fingerprint density at radius 2 is 1.86 bits per heavy atom. The smallest absolute Gasteiger partial charge is 0.363 e. The molecule has 0 N–H and O–H groups in total. The van der Waals surface area contributed by atoms with Crippen LogP contribution in [0.2, 0.25) is 10.0 Å². The maximum atomic E-state index is 13.6. The predicted molar refractivity (Wildman–Crippen MR) is 83.5 cm³/mol. The zero-order valence-corrected chi connectivity index (χ0v) is 12.5. The third kappa shape index (κ3) is 2.89. The van der Waals surface area contributed by atoms with Crippen molar-refractivity contribution >= 4 is 41.1 Å². The minimum atomic E-state index is -0.649. The number of hydrogen-bond acceptors (Lipinski definition) is 3. The van der Waals surface area contributed by atoms with Gasteiger partial charge in [0.2, 0.25) is 5.90 Å². The molecule has 6 heteroatoms. The van der Waals surface area contributed by atoms with Gasteiger partial charge in [0.25, 0.3) is 0 Å². The van der Waals surface area contributed by atoms with Crippen LogP contribution in [0, 0.1) is 5.82 Å². The molecule has 0 saturated carbocycles. The molecule has 1 aliphatic heterocycles. The fourth-order valence-electron chi connectivity index (χ4n) is 1.90. The molecule has 0 spiro atoms. The number of hydrogen-bond donors (Lipinski definition) is 0. The van der Waals surface area contributed by atoms with Crippen LogP contribution in [0.15, 0.2) is 53.2 Å². The number of carbonyl (C=O) groups is 1. The summed E-state index contributed by atoms with van der Waals surface area (Å²) in [5, 5.41) is 0.710. The highest BCUT2D eigenvalue weighted by atomic mass is 35.5. The van der Waals surface area contributed by atoms with Gasteiger partial charge in [-0.3, -0.25) is 0 Å². The topological polar surface area (TPSA) is 38.7 Å². The molecule has 3 rings (SSSR count). The zero-order valence-electron chi connectivity index (χ0n) is 11.0. The van der Waals surface area contributed by atoms with E-state index in [4.69, 9.17) is 27.9 Å². The molecule has 1 heterocycles. The van der Waals surface area contributed by atoms with Crippen molar-refractivity contribution in [2.75, 3.05) is 0 Å². The summed E-state index contributed by atoms with van der Waals surface area (Å²) in [6, 6.07) is 10.8. The summed E-state index contributed by atoms with van der Waals surface area (Å²) in [7, 11) is 0. The second-order valence-electron chi connectivity index (χ2n) is 4.49. The van der Waals surface area contributed by atoms with Gasteiger partial charge in [-0.05, 0) is 30.3 Å². The first-order chi connectivity index (χ1) is 10.5. The van der Waals surface area contributed by atoms with Crippen molar-refractivity contribution in [1.29, 1.82) is 0 Å². The van der Waals surface area contributed by atoms with Crippen molar-refractivity contribution in [2.45, 2.75) is 0 Å². The lowest BCUT2D eigenvalue weighted by Gasteiger charge is -2.01. The summed E-state index contributed by atoms with van der Waals surface area (Å²) >= 11 is 11.8. The largest absolute Gasteiger partial charge is 0.402 e. The SMILES string of the molecule is O=C1OC(c2ccc(Cl)c(Cl)c2)=NC1=Cc1ccccc1F. The Morgan fingerprint density at radius 3 is 2.59 bits per heavy atom. The van der Waals surface area contributed by atoms with Gasteiger partial charge in [-0.1, -0.05) is 41.4 Å². The van der Waals surface area contributed by atoms with Gasteiger partial charge in [-0.15, -0.1) is 0 Å². The minimum Gasteiger partial charge on any atom is -0.402 e. The van der Waals surface area contributed by atoms with Gasteiger partial charge >= 0.3 is 5.97 Å². The van der Waals surface area contributed by atoms with E-state index in [0.29, 0.717) is 15.6 Å². The highest BCUT2D eigenvalue weighted by Crippen LogP contribution is 2.26. The van der Waals surface area contributed by atoms with Gasteiger partial charge < -0.3 is 4.74 Å². The van der Waals surface area contributed by atoms with Crippen molar-refractivity contribution in [3.63, 3.8) is 0 Å². The number of nitrogens with zero attached hydrogens (tertiary/aromatic N) is 1. The van der Waals surface area contributed by atoms with Crippen LogP contribution in [0.5, 0.6) is 0 Å². The molecule has 22 heavy (non-hydrogen) atoms. The molecule has 0 aromatic heterocycles. The van der Waals surface area contributed by atoms with Crippen molar-refractivity contribution < 1.29 is 13.9 Å². The number of cyclic esters (lactones) is 1. The van der Waals surface area contributed by atoms with E-state index in [1.807, 2.05) is 0 Å². The average Bonchev–Trinajstić information content (AvgIpc) is 2.85. The molecule has 0 saturated heterocycles. The van der Waals surface area contributed by atoms with Crippen LogP contribution >= 0.6 is 23.2 Å². The molecule has 0 atom stereocenters. The van der Waals surface area contributed by atoms with E-state index in [1.54, 1.807) is 36.4 Å². The second kappa shape index (κ2) is 5.91. The quantitative estimate of drug-likeness (QED) is 0.599. The summed E-state index contributed by atoms with van der Waals surface area (Å²) in [6.45, 7) is 0. The number of rotatable bonds is 2. The molecule has 0 radical (unpaired) electrons. The number of ether oxygens (including phenoxy) is 1. The maximum absolute atomic E-state index is 13.6. The van der Waals surface area contributed by atoms with Crippen LogP contribution in [0.1, 0.15) is 11.1 Å². The molecular weight excluding hydrogens is 328 g/mol. The molecule has 2 aromatic carbocycles. The lowest BCUT2D eigenvalue weighted by atomic mass is 10.2. The van der Waals surface area contributed by atoms with Crippen LogP contribution in [-0.2, 0) is 9.53 Å². The molecule has 110 valence electrons. The Kier molecular flexibility index (Phi) is 3.96. The van der Waals surface area contributed by atoms with Crippen LogP contribution in [0.3, 0.4) is 0 Å². The molecule has 0 amide bonds. The van der Waals surface area contributed by atoms with Gasteiger partial charge in [0.05, 0.1) is 10.0 Å². The fourth-order valence-corrected chi connectivity index (χ4v) is 2.20. The maximum Gasteiger partial charge on any atom is 0.363 e. The number of carbonyl (C=O) groups excluding carboxylic acids is 1. The number of benzene rings is 2. The van der Waals surface area contributed by atoms with E-state index < -0.39 is 11.8 Å². The van der Waals surface area contributed by atoms with Gasteiger partial charge in [-0.25, -0.2) is 14.2 Å². The van der Waals surface area contributed by atoms with Crippen LogP contribution < -0.4 is 0 Å². The van der Waals surface area contributed by atoms with Crippen molar-refractivity contribution in [1.82, 2.24) is 0 Å². The molecule has 3 nitrogen and oxygen atoms in total. The van der Waals surface area contributed by atoms with Gasteiger partial charge in [0, 0.05) is 11.1 Å². The van der Waals surface area contributed by atoms with Crippen LogP contribution in [0.4, 0.5) is 4.39 Å². The lowest BCUT2D eigenvalue weighted by Crippen LogP contribution is -2.05. The first-order valence-electron chi connectivity index (χ1n) is 6.27. The summed E-state index contributed by atoms with van der Waals surface area (Å²) in [6.07, 6.45) is 1.34. The highest BCUT2D eigenvalue weighted by Gasteiger charge is 2.24. The first kappa shape index (κ1) is 14.8. The van der Waals surface area contributed by atoms with E-state index in [0.717, 1.165) is 0 Å². The summed E-state index contributed by atoms with van der Waals surface area (Å²) < 4.78 is 18.7. The van der Waals surface area contributed by atoms with Crippen LogP contribution in [0.25, 0.3) is 6.08 Å². The summed E-state index contributed by atoms with van der Waals surface area (Å²) in [5.74, 6) is -0.989. The Morgan fingerprint density at radius 1 is 1.09 bits per heavy atom. The van der Waals surface area contributed by atoms with E-state index in [-0.39, 0.29) is 17.2 Å². The predicted octanol–water partition coefficient (Wildman–Crippen LogP) is 4.48. The minimum absolute atomic E-state index is 0.0196. The Balaban J connectivity index is 1.98. The first-order valence-corrected chi connectivity index (χ1v) is 7.03.